The van der Waals surface area contributed by atoms with Crippen molar-refractivity contribution >= 4 is 11.3 Å². The molecule has 0 aromatic carbocycles. The molecule has 0 saturated carbocycles. The first-order chi connectivity index (χ1) is 7.90. The largest absolute Gasteiger partial charge is 0.381 e. The van der Waals surface area contributed by atoms with Crippen LogP contribution in [0.15, 0.2) is 11.7 Å². The Balaban J connectivity index is 1.91. The van der Waals surface area contributed by atoms with Crippen LogP contribution in [0.4, 0.5) is 0 Å². The summed E-state index contributed by atoms with van der Waals surface area (Å²) >= 11 is 1.75. The van der Waals surface area contributed by atoms with Gasteiger partial charge < -0.3 is 10.1 Å². The Morgan fingerprint density at radius 2 is 2.38 bits per heavy atom. The Kier molecular flexibility index (Phi) is 4.75. The predicted molar refractivity (Wildman–Crippen MR) is 66.7 cm³/mol. The first kappa shape index (κ1) is 12.0. The van der Waals surface area contributed by atoms with Gasteiger partial charge in [-0.05, 0) is 31.7 Å². The highest BCUT2D eigenvalue weighted by molar-refractivity contribution is 7.09. The molecule has 1 N–H and O–H groups in total. The summed E-state index contributed by atoms with van der Waals surface area (Å²) in [4.78, 5) is 5.54. The second kappa shape index (κ2) is 6.33. The normalized spacial score (nSPS) is 19.8. The Labute approximate surface area is 101 Å². The second-order valence-corrected chi connectivity index (χ2v) is 5.22. The van der Waals surface area contributed by atoms with E-state index in [1.165, 1.54) is 24.1 Å². The molecule has 1 fully saturated rings. The van der Waals surface area contributed by atoms with Crippen molar-refractivity contribution in [2.75, 3.05) is 19.8 Å². The molecule has 0 bridgehead atoms. The van der Waals surface area contributed by atoms with Gasteiger partial charge in [-0.2, -0.15) is 0 Å². The third-order valence-corrected chi connectivity index (χ3v) is 4.04. The minimum atomic E-state index is 0.487. The maximum atomic E-state index is 5.40. The number of nitrogens with zero attached hydrogens (tertiary/aromatic N) is 1. The molecule has 0 spiro atoms. The monoisotopic (exact) mass is 240 g/mol. The Morgan fingerprint density at radius 1 is 1.56 bits per heavy atom. The fraction of sp³-hybridized carbons (Fsp3) is 0.750. The lowest BCUT2D eigenvalue weighted by Crippen LogP contribution is -2.25. The van der Waals surface area contributed by atoms with Crippen LogP contribution in [0.25, 0.3) is 0 Å². The van der Waals surface area contributed by atoms with Gasteiger partial charge in [-0.15, -0.1) is 11.3 Å². The third-order valence-electron chi connectivity index (χ3n) is 3.16. The van der Waals surface area contributed by atoms with E-state index in [4.69, 9.17) is 4.74 Å². The molecule has 2 rings (SSSR count). The molecule has 3 nitrogen and oxygen atoms in total. The van der Waals surface area contributed by atoms with E-state index in [0.29, 0.717) is 6.04 Å². The summed E-state index contributed by atoms with van der Waals surface area (Å²) in [7, 11) is 0. The first-order valence-corrected chi connectivity index (χ1v) is 6.97. The van der Waals surface area contributed by atoms with Gasteiger partial charge in [0.25, 0.3) is 0 Å². The number of aromatic nitrogens is 1. The Morgan fingerprint density at radius 3 is 3.00 bits per heavy atom. The van der Waals surface area contributed by atoms with Crippen molar-refractivity contribution in [1.82, 2.24) is 10.3 Å². The van der Waals surface area contributed by atoms with E-state index in [9.17, 15) is 0 Å². The maximum absolute atomic E-state index is 5.40. The number of hydrogen-bond donors (Lipinski definition) is 1. The molecule has 16 heavy (non-hydrogen) atoms. The standard InChI is InChI=1S/C12H20N2OS/c1-2-14-11(12-8-13-9-16-12)7-10-3-5-15-6-4-10/h8-11,14H,2-7H2,1H3. The lowest BCUT2D eigenvalue weighted by molar-refractivity contribution is 0.0607. The highest BCUT2D eigenvalue weighted by Gasteiger charge is 2.20. The van der Waals surface area contributed by atoms with E-state index >= 15 is 0 Å². The van der Waals surface area contributed by atoms with Gasteiger partial charge in [-0.3, -0.25) is 4.98 Å². The zero-order valence-electron chi connectivity index (χ0n) is 9.82. The molecule has 1 aromatic heterocycles. The minimum absolute atomic E-state index is 0.487. The van der Waals surface area contributed by atoms with Crippen molar-refractivity contribution in [3.05, 3.63) is 16.6 Å². The van der Waals surface area contributed by atoms with Crippen molar-refractivity contribution in [2.24, 2.45) is 5.92 Å². The number of hydrogen-bond acceptors (Lipinski definition) is 4. The topological polar surface area (TPSA) is 34.1 Å². The van der Waals surface area contributed by atoms with Crippen molar-refractivity contribution in [1.29, 1.82) is 0 Å². The number of thiazole rings is 1. The summed E-state index contributed by atoms with van der Waals surface area (Å²) in [5, 5.41) is 3.56. The van der Waals surface area contributed by atoms with Crippen LogP contribution in [-0.4, -0.2) is 24.7 Å². The molecule has 2 heterocycles. The molecular weight excluding hydrogens is 220 g/mol. The molecular formula is C12H20N2OS. The fourth-order valence-electron chi connectivity index (χ4n) is 2.26. The highest BCUT2D eigenvalue weighted by Crippen LogP contribution is 2.29. The molecule has 1 saturated heterocycles. The zero-order valence-corrected chi connectivity index (χ0v) is 10.6. The van der Waals surface area contributed by atoms with Gasteiger partial charge in [-0.1, -0.05) is 6.92 Å². The summed E-state index contributed by atoms with van der Waals surface area (Å²) in [5.74, 6) is 0.805. The molecule has 4 heteroatoms. The van der Waals surface area contributed by atoms with Gasteiger partial charge in [0.05, 0.1) is 5.51 Å². The van der Waals surface area contributed by atoms with Gasteiger partial charge >= 0.3 is 0 Å². The summed E-state index contributed by atoms with van der Waals surface area (Å²) in [5.41, 5.74) is 1.92. The summed E-state index contributed by atoms with van der Waals surface area (Å²) < 4.78 is 5.40. The Bertz CT molecular complexity index is 283. The smallest absolute Gasteiger partial charge is 0.0794 e. The molecule has 0 radical (unpaired) electrons. The summed E-state index contributed by atoms with van der Waals surface area (Å²) in [6.45, 7) is 5.06. The van der Waals surface area contributed by atoms with E-state index in [2.05, 4.69) is 17.2 Å². The average molecular weight is 240 g/mol. The van der Waals surface area contributed by atoms with Crippen LogP contribution in [0.5, 0.6) is 0 Å². The van der Waals surface area contributed by atoms with E-state index in [-0.39, 0.29) is 0 Å². The number of ether oxygens (including phenoxy) is 1. The second-order valence-electron chi connectivity index (χ2n) is 4.31. The third kappa shape index (κ3) is 3.27. The molecule has 0 aliphatic carbocycles. The summed E-state index contributed by atoms with van der Waals surface area (Å²) in [6.07, 6.45) is 5.64. The SMILES string of the molecule is CCNC(CC1CCOCC1)c1cncs1. The zero-order chi connectivity index (χ0) is 11.2. The molecule has 90 valence electrons. The van der Waals surface area contributed by atoms with Crippen molar-refractivity contribution < 1.29 is 4.74 Å². The molecule has 1 aliphatic rings. The molecule has 1 aromatic rings. The van der Waals surface area contributed by atoms with Gasteiger partial charge in [0.2, 0.25) is 0 Å². The molecule has 1 aliphatic heterocycles. The van der Waals surface area contributed by atoms with E-state index < -0.39 is 0 Å². The van der Waals surface area contributed by atoms with E-state index in [1.54, 1.807) is 11.3 Å². The summed E-state index contributed by atoms with van der Waals surface area (Å²) in [6, 6.07) is 0.487. The minimum Gasteiger partial charge on any atom is -0.381 e. The van der Waals surface area contributed by atoms with Gasteiger partial charge in [0.15, 0.2) is 0 Å². The van der Waals surface area contributed by atoms with Crippen LogP contribution in [0.2, 0.25) is 0 Å². The van der Waals surface area contributed by atoms with Crippen LogP contribution in [-0.2, 0) is 4.74 Å². The molecule has 0 amide bonds. The lowest BCUT2D eigenvalue weighted by Gasteiger charge is -2.26. The predicted octanol–water partition coefficient (Wildman–Crippen LogP) is 2.61. The molecule has 1 unspecified atom stereocenters. The maximum Gasteiger partial charge on any atom is 0.0794 e. The van der Waals surface area contributed by atoms with Gasteiger partial charge in [0, 0.05) is 30.3 Å². The van der Waals surface area contributed by atoms with Crippen molar-refractivity contribution in [2.45, 2.75) is 32.2 Å². The number of nitrogens with one attached hydrogen (secondary N) is 1. The van der Waals surface area contributed by atoms with Crippen molar-refractivity contribution in [3.63, 3.8) is 0 Å². The fourth-order valence-corrected chi connectivity index (χ4v) is 2.97. The quantitative estimate of drug-likeness (QED) is 0.859. The molecule has 1 atom stereocenters. The van der Waals surface area contributed by atoms with Crippen LogP contribution in [0.1, 0.15) is 37.1 Å². The lowest BCUT2D eigenvalue weighted by atomic mass is 9.92. The average Bonchev–Trinajstić information content (AvgIpc) is 2.83. The van der Waals surface area contributed by atoms with Gasteiger partial charge in [-0.25, -0.2) is 0 Å². The van der Waals surface area contributed by atoms with Crippen LogP contribution in [0, 0.1) is 5.92 Å². The Hall–Kier alpha value is -0.450. The van der Waals surface area contributed by atoms with Crippen LogP contribution in [0.3, 0.4) is 0 Å². The van der Waals surface area contributed by atoms with Crippen molar-refractivity contribution in [3.8, 4) is 0 Å². The van der Waals surface area contributed by atoms with E-state index in [0.717, 1.165) is 25.7 Å². The van der Waals surface area contributed by atoms with Crippen LogP contribution < -0.4 is 5.32 Å². The first-order valence-electron chi connectivity index (χ1n) is 6.09. The number of rotatable bonds is 5. The van der Waals surface area contributed by atoms with E-state index in [1.807, 2.05) is 11.7 Å². The highest BCUT2D eigenvalue weighted by atomic mass is 32.1. The van der Waals surface area contributed by atoms with Gasteiger partial charge in [0.1, 0.15) is 0 Å². The van der Waals surface area contributed by atoms with Crippen LogP contribution >= 0.6 is 11.3 Å².